The summed E-state index contributed by atoms with van der Waals surface area (Å²) >= 11 is 0. The molecule has 1 amide bonds. The number of carboxylic acids is 2. The molecular weight excluding hydrogens is 366 g/mol. The summed E-state index contributed by atoms with van der Waals surface area (Å²) in [5.74, 6) is -2.05. The van der Waals surface area contributed by atoms with Crippen molar-refractivity contribution in [3.8, 4) is 5.75 Å². The van der Waals surface area contributed by atoms with E-state index in [4.69, 9.17) is 19.7 Å². The number of carbonyl (C=O) groups excluding carboxylic acids is 1. The second kappa shape index (κ2) is 9.96. The molecule has 0 atom stereocenters. The molecular formula is C20H29NO7. The Morgan fingerprint density at radius 3 is 2.00 bits per heavy atom. The first-order chi connectivity index (χ1) is 12.9. The van der Waals surface area contributed by atoms with Gasteiger partial charge < -0.3 is 24.6 Å². The number of benzene rings is 1. The van der Waals surface area contributed by atoms with Crippen molar-refractivity contribution in [1.82, 2.24) is 4.90 Å². The van der Waals surface area contributed by atoms with Gasteiger partial charge in [0.2, 0.25) is 0 Å². The van der Waals surface area contributed by atoms with Gasteiger partial charge in [-0.25, -0.2) is 14.4 Å². The van der Waals surface area contributed by atoms with Crippen molar-refractivity contribution in [1.29, 1.82) is 0 Å². The standard InChI is InChI=1S/C20H29NO7/c1-13(2)12-21(19(26)28-20(3,4)5)7-6-8-27-16-10-14(17(22)23)9-15(11-16)18(24)25/h9-11,13H,6-8,12H2,1-5H3,(H,22,23)(H,24,25). The van der Waals surface area contributed by atoms with Crippen LogP contribution in [-0.2, 0) is 4.74 Å². The van der Waals surface area contributed by atoms with Crippen molar-refractivity contribution in [3.63, 3.8) is 0 Å². The Labute approximate surface area is 165 Å². The van der Waals surface area contributed by atoms with Crippen molar-refractivity contribution in [2.75, 3.05) is 19.7 Å². The van der Waals surface area contributed by atoms with E-state index in [1.165, 1.54) is 12.1 Å². The lowest BCUT2D eigenvalue weighted by molar-refractivity contribution is 0.0219. The number of carbonyl (C=O) groups is 3. The Balaban J connectivity index is 2.71. The van der Waals surface area contributed by atoms with E-state index in [0.717, 1.165) is 6.07 Å². The highest BCUT2D eigenvalue weighted by atomic mass is 16.6. The lowest BCUT2D eigenvalue weighted by Crippen LogP contribution is -2.39. The van der Waals surface area contributed by atoms with E-state index in [2.05, 4.69) is 0 Å². The summed E-state index contributed by atoms with van der Waals surface area (Å²) in [4.78, 5) is 36.2. The first kappa shape index (κ1) is 23.3. The molecule has 0 heterocycles. The maximum Gasteiger partial charge on any atom is 0.410 e. The van der Waals surface area contributed by atoms with Crippen LogP contribution in [0.3, 0.4) is 0 Å². The lowest BCUT2D eigenvalue weighted by Gasteiger charge is -2.28. The minimum absolute atomic E-state index is 0.157. The van der Waals surface area contributed by atoms with Crippen LogP contribution in [-0.4, -0.2) is 58.4 Å². The molecule has 0 aliphatic heterocycles. The van der Waals surface area contributed by atoms with Gasteiger partial charge in [-0.1, -0.05) is 13.8 Å². The zero-order valence-corrected chi connectivity index (χ0v) is 17.0. The van der Waals surface area contributed by atoms with Gasteiger partial charge in [0.1, 0.15) is 11.4 Å². The molecule has 0 aliphatic carbocycles. The van der Waals surface area contributed by atoms with E-state index in [0.29, 0.717) is 19.5 Å². The lowest BCUT2D eigenvalue weighted by atomic mass is 10.1. The largest absolute Gasteiger partial charge is 0.493 e. The summed E-state index contributed by atoms with van der Waals surface area (Å²) in [6, 6.07) is 3.62. The van der Waals surface area contributed by atoms with Gasteiger partial charge in [-0.15, -0.1) is 0 Å². The maximum absolute atomic E-state index is 12.3. The molecule has 0 saturated carbocycles. The fourth-order valence-electron chi connectivity index (χ4n) is 2.40. The van der Waals surface area contributed by atoms with Crippen LogP contribution in [0, 0.1) is 5.92 Å². The number of nitrogens with zero attached hydrogens (tertiary/aromatic N) is 1. The van der Waals surface area contributed by atoms with Gasteiger partial charge in [0.15, 0.2) is 0 Å². The molecule has 0 aliphatic rings. The van der Waals surface area contributed by atoms with E-state index in [1.807, 2.05) is 13.8 Å². The predicted molar refractivity (Wildman–Crippen MR) is 103 cm³/mol. The summed E-state index contributed by atoms with van der Waals surface area (Å²) in [5.41, 5.74) is -0.914. The van der Waals surface area contributed by atoms with Gasteiger partial charge in [0.05, 0.1) is 17.7 Å². The molecule has 156 valence electrons. The Kier molecular flexibility index (Phi) is 8.28. The van der Waals surface area contributed by atoms with Crippen molar-refractivity contribution < 1.29 is 34.1 Å². The Hall–Kier alpha value is -2.77. The van der Waals surface area contributed by atoms with Crippen LogP contribution in [0.5, 0.6) is 5.75 Å². The first-order valence-electron chi connectivity index (χ1n) is 9.11. The van der Waals surface area contributed by atoms with E-state index in [9.17, 15) is 14.4 Å². The van der Waals surface area contributed by atoms with Crippen LogP contribution in [0.1, 0.15) is 61.8 Å². The van der Waals surface area contributed by atoms with E-state index in [1.54, 1.807) is 25.7 Å². The monoisotopic (exact) mass is 395 g/mol. The van der Waals surface area contributed by atoms with Gasteiger partial charge in [-0.2, -0.15) is 0 Å². The number of amides is 1. The number of hydrogen-bond donors (Lipinski definition) is 2. The van der Waals surface area contributed by atoms with Crippen LogP contribution in [0.2, 0.25) is 0 Å². The number of hydrogen-bond acceptors (Lipinski definition) is 5. The van der Waals surface area contributed by atoms with Crippen LogP contribution in [0.4, 0.5) is 4.79 Å². The average molecular weight is 395 g/mol. The summed E-state index contributed by atoms with van der Waals surface area (Å²) in [7, 11) is 0. The minimum Gasteiger partial charge on any atom is -0.493 e. The van der Waals surface area contributed by atoms with E-state index < -0.39 is 23.6 Å². The zero-order chi connectivity index (χ0) is 21.5. The third kappa shape index (κ3) is 8.28. The fraction of sp³-hybridized carbons (Fsp3) is 0.550. The highest BCUT2D eigenvalue weighted by Crippen LogP contribution is 2.18. The van der Waals surface area contributed by atoms with Crippen molar-refractivity contribution >= 4 is 18.0 Å². The topological polar surface area (TPSA) is 113 Å². The van der Waals surface area contributed by atoms with Crippen LogP contribution in [0.25, 0.3) is 0 Å². The quantitative estimate of drug-likeness (QED) is 0.612. The smallest absolute Gasteiger partial charge is 0.410 e. The minimum atomic E-state index is -1.24. The van der Waals surface area contributed by atoms with E-state index in [-0.39, 0.29) is 29.4 Å². The molecule has 0 radical (unpaired) electrons. The molecule has 0 saturated heterocycles. The number of rotatable bonds is 9. The Morgan fingerprint density at radius 1 is 1.04 bits per heavy atom. The SMILES string of the molecule is CC(C)CN(CCCOc1cc(C(=O)O)cc(C(=O)O)c1)C(=O)OC(C)(C)C. The molecule has 28 heavy (non-hydrogen) atoms. The number of aromatic carboxylic acids is 2. The van der Waals surface area contributed by atoms with Crippen LogP contribution < -0.4 is 4.74 Å². The molecule has 0 unspecified atom stereocenters. The molecule has 0 bridgehead atoms. The highest BCUT2D eigenvalue weighted by Gasteiger charge is 2.22. The molecule has 0 spiro atoms. The molecule has 8 heteroatoms. The summed E-state index contributed by atoms with van der Waals surface area (Å²) in [6.45, 7) is 10.5. The molecule has 2 N–H and O–H groups in total. The molecule has 0 fully saturated rings. The molecule has 0 aromatic heterocycles. The zero-order valence-electron chi connectivity index (χ0n) is 17.0. The second-order valence-corrected chi connectivity index (χ2v) is 7.88. The number of carboxylic acid groups (broad SMARTS) is 2. The molecule has 1 rings (SSSR count). The molecule has 1 aromatic rings. The van der Waals surface area contributed by atoms with E-state index >= 15 is 0 Å². The van der Waals surface area contributed by atoms with Gasteiger partial charge >= 0.3 is 18.0 Å². The third-order valence-electron chi connectivity index (χ3n) is 3.48. The predicted octanol–water partition coefficient (Wildman–Crippen LogP) is 3.75. The molecule has 8 nitrogen and oxygen atoms in total. The second-order valence-electron chi connectivity index (χ2n) is 7.88. The normalized spacial score (nSPS) is 11.2. The van der Waals surface area contributed by atoms with Crippen LogP contribution >= 0.6 is 0 Å². The van der Waals surface area contributed by atoms with Gasteiger partial charge in [0, 0.05) is 13.1 Å². The number of ether oxygens (including phenoxy) is 2. The van der Waals surface area contributed by atoms with Crippen molar-refractivity contribution in [2.45, 2.75) is 46.6 Å². The third-order valence-corrected chi connectivity index (χ3v) is 3.48. The highest BCUT2D eigenvalue weighted by molar-refractivity contribution is 5.94. The fourth-order valence-corrected chi connectivity index (χ4v) is 2.40. The van der Waals surface area contributed by atoms with Gasteiger partial charge in [0.25, 0.3) is 0 Å². The van der Waals surface area contributed by atoms with Crippen molar-refractivity contribution in [2.24, 2.45) is 5.92 Å². The van der Waals surface area contributed by atoms with Gasteiger partial charge in [-0.05, 0) is 51.3 Å². The summed E-state index contributed by atoms with van der Waals surface area (Å²) in [6.07, 6.45) is 0.0771. The Bertz CT molecular complexity index is 675. The summed E-state index contributed by atoms with van der Waals surface area (Å²) < 4.78 is 10.9. The summed E-state index contributed by atoms with van der Waals surface area (Å²) in [5, 5.41) is 18.2. The van der Waals surface area contributed by atoms with Gasteiger partial charge in [-0.3, -0.25) is 0 Å². The Morgan fingerprint density at radius 2 is 1.57 bits per heavy atom. The first-order valence-corrected chi connectivity index (χ1v) is 9.11. The molecule has 1 aromatic carbocycles. The maximum atomic E-state index is 12.3. The van der Waals surface area contributed by atoms with Crippen molar-refractivity contribution in [3.05, 3.63) is 29.3 Å². The van der Waals surface area contributed by atoms with Crippen LogP contribution in [0.15, 0.2) is 18.2 Å². The average Bonchev–Trinajstić information content (AvgIpc) is 2.55.